The van der Waals surface area contributed by atoms with Crippen LogP contribution in [0.4, 0.5) is 5.82 Å². The van der Waals surface area contributed by atoms with Crippen LogP contribution in [0.15, 0.2) is 41.6 Å². The third-order valence-electron chi connectivity index (χ3n) is 7.50. The normalized spacial score (nSPS) is 19.2. The Labute approximate surface area is 238 Å². The minimum atomic E-state index is -1.39. The molecule has 2 N–H and O–H groups in total. The van der Waals surface area contributed by atoms with Crippen molar-refractivity contribution in [1.29, 1.82) is 0 Å². The summed E-state index contributed by atoms with van der Waals surface area (Å²) in [5, 5.41) is 6.38. The topological polar surface area (TPSA) is 109 Å². The molecule has 2 aromatic heterocycles. The zero-order valence-corrected chi connectivity index (χ0v) is 24.7. The molecule has 9 nitrogen and oxygen atoms in total. The summed E-state index contributed by atoms with van der Waals surface area (Å²) in [7, 11) is -1.39. The molecular formula is C30H38N6O3S. The molecule has 212 valence electrons. The van der Waals surface area contributed by atoms with Gasteiger partial charge < -0.3 is 15.4 Å². The van der Waals surface area contributed by atoms with E-state index >= 15 is 0 Å². The maximum absolute atomic E-state index is 13.3. The standard InChI is InChI=1S/C30H38N6O3S/c1-18-12-26(28(40(5)38)13-24(18)30(37)35-29-19(2)14-32-21(4)34-29)39-27(17-36-11-10-31-20(3)16-36)25-9-8-23(15-33-25)22-6-7-22/h8-9,12-15,20,22,27,31H,6-7,10-11,16-17H2,1-5H3,(H,32,34,35,37)/t20-,27-,40?/m1/s1. The molecule has 2 fully saturated rings. The summed E-state index contributed by atoms with van der Waals surface area (Å²) in [6, 6.07) is 8.10. The third kappa shape index (κ3) is 6.74. The van der Waals surface area contributed by atoms with Crippen LogP contribution in [0.3, 0.4) is 0 Å². The van der Waals surface area contributed by atoms with Crippen LogP contribution in [-0.4, -0.2) is 68.4 Å². The minimum Gasteiger partial charge on any atom is -0.481 e. The van der Waals surface area contributed by atoms with Gasteiger partial charge in [-0.15, -0.1) is 0 Å². The summed E-state index contributed by atoms with van der Waals surface area (Å²) >= 11 is 0. The molecule has 3 aromatic rings. The van der Waals surface area contributed by atoms with Gasteiger partial charge in [0.1, 0.15) is 17.4 Å². The highest BCUT2D eigenvalue weighted by Crippen LogP contribution is 2.40. The Morgan fingerprint density at radius 3 is 2.65 bits per heavy atom. The second kappa shape index (κ2) is 12.1. The number of rotatable bonds is 9. The summed E-state index contributed by atoms with van der Waals surface area (Å²) in [5.41, 5.74) is 4.02. The number of amides is 1. The lowest BCUT2D eigenvalue weighted by atomic mass is 10.1. The van der Waals surface area contributed by atoms with Crippen LogP contribution < -0.4 is 15.4 Å². The van der Waals surface area contributed by atoms with E-state index in [-0.39, 0.29) is 12.0 Å². The number of anilines is 1. The number of nitrogens with one attached hydrogen (secondary N) is 2. The molecule has 1 saturated carbocycles. The quantitative estimate of drug-likeness (QED) is 0.402. The number of hydrogen-bond donors (Lipinski definition) is 2. The zero-order chi connectivity index (χ0) is 28.4. The predicted molar refractivity (Wildman–Crippen MR) is 156 cm³/mol. The SMILES string of the molecule is Cc1ncc(C)c(NC(=O)c2cc(S(C)=O)c(O[C@H](CN3CCN[C@H](C)C3)c3ccc(C4CC4)cn3)cc2C)n1. The van der Waals surface area contributed by atoms with Gasteiger partial charge in [0.05, 0.1) is 21.4 Å². The molecule has 1 amide bonds. The van der Waals surface area contributed by atoms with Gasteiger partial charge in [0.15, 0.2) is 6.10 Å². The van der Waals surface area contributed by atoms with Gasteiger partial charge in [-0.3, -0.25) is 18.9 Å². The van der Waals surface area contributed by atoms with Crippen molar-refractivity contribution in [3.63, 3.8) is 0 Å². The molecule has 10 heteroatoms. The highest BCUT2D eigenvalue weighted by Gasteiger charge is 2.27. The highest BCUT2D eigenvalue weighted by molar-refractivity contribution is 7.84. The Bertz CT molecular complexity index is 1410. The van der Waals surface area contributed by atoms with Crippen LogP contribution in [0.2, 0.25) is 0 Å². The van der Waals surface area contributed by atoms with E-state index in [0.717, 1.165) is 36.5 Å². The molecular weight excluding hydrogens is 524 g/mol. The fourth-order valence-electron chi connectivity index (χ4n) is 5.08. The first-order chi connectivity index (χ1) is 19.2. The first kappa shape index (κ1) is 28.3. The van der Waals surface area contributed by atoms with E-state index < -0.39 is 10.8 Å². The lowest BCUT2D eigenvalue weighted by molar-refractivity contribution is 0.102. The molecule has 0 bridgehead atoms. The molecule has 1 saturated heterocycles. The number of aromatic nitrogens is 3. The van der Waals surface area contributed by atoms with Crippen LogP contribution in [0.5, 0.6) is 5.75 Å². The lowest BCUT2D eigenvalue weighted by Crippen LogP contribution is -2.50. The van der Waals surface area contributed by atoms with E-state index in [0.29, 0.717) is 46.4 Å². The molecule has 1 aliphatic carbocycles. The van der Waals surface area contributed by atoms with Gasteiger partial charge in [-0.1, -0.05) is 6.07 Å². The Hall–Kier alpha value is -3.21. The van der Waals surface area contributed by atoms with Gasteiger partial charge >= 0.3 is 0 Å². The van der Waals surface area contributed by atoms with Crippen LogP contribution in [0, 0.1) is 20.8 Å². The van der Waals surface area contributed by atoms with Gasteiger partial charge in [0.25, 0.3) is 5.91 Å². The Morgan fingerprint density at radius 2 is 1.98 bits per heavy atom. The van der Waals surface area contributed by atoms with Crippen molar-refractivity contribution in [2.24, 2.45) is 0 Å². The Balaban J connectivity index is 1.44. The van der Waals surface area contributed by atoms with E-state index in [9.17, 15) is 9.00 Å². The molecule has 40 heavy (non-hydrogen) atoms. The number of pyridine rings is 1. The Morgan fingerprint density at radius 1 is 1.18 bits per heavy atom. The van der Waals surface area contributed by atoms with Crippen molar-refractivity contribution < 1.29 is 13.7 Å². The number of aryl methyl sites for hydroxylation is 3. The molecule has 0 radical (unpaired) electrons. The number of carbonyl (C=O) groups excluding carboxylic acids is 1. The van der Waals surface area contributed by atoms with E-state index in [1.807, 2.05) is 26.1 Å². The molecule has 3 atom stereocenters. The zero-order valence-electron chi connectivity index (χ0n) is 23.9. The summed E-state index contributed by atoms with van der Waals surface area (Å²) in [4.78, 5) is 29.5. The van der Waals surface area contributed by atoms with Crippen molar-refractivity contribution in [1.82, 2.24) is 25.2 Å². The molecule has 0 spiro atoms. The monoisotopic (exact) mass is 562 g/mol. The third-order valence-corrected chi connectivity index (χ3v) is 8.44. The van der Waals surface area contributed by atoms with Crippen molar-refractivity contribution in [2.45, 2.75) is 63.5 Å². The van der Waals surface area contributed by atoms with Crippen molar-refractivity contribution >= 4 is 22.5 Å². The van der Waals surface area contributed by atoms with E-state index in [2.05, 4.69) is 44.6 Å². The fraction of sp³-hybridized carbons (Fsp3) is 0.467. The summed E-state index contributed by atoms with van der Waals surface area (Å²) in [6.07, 6.45) is 7.34. The van der Waals surface area contributed by atoms with Gasteiger partial charge in [-0.05, 0) is 75.8 Å². The predicted octanol–water partition coefficient (Wildman–Crippen LogP) is 4.08. The average Bonchev–Trinajstić information content (AvgIpc) is 3.76. The summed E-state index contributed by atoms with van der Waals surface area (Å²) in [5.74, 6) is 1.84. The van der Waals surface area contributed by atoms with Crippen molar-refractivity contribution in [2.75, 3.05) is 37.8 Å². The number of ether oxygens (including phenoxy) is 1. The number of benzene rings is 1. The molecule has 1 aliphatic heterocycles. The first-order valence-electron chi connectivity index (χ1n) is 13.9. The second-order valence-electron chi connectivity index (χ2n) is 11.0. The van der Waals surface area contributed by atoms with Gasteiger partial charge in [-0.25, -0.2) is 9.97 Å². The maximum Gasteiger partial charge on any atom is 0.257 e. The van der Waals surface area contributed by atoms with E-state index in [4.69, 9.17) is 9.72 Å². The summed E-state index contributed by atoms with van der Waals surface area (Å²) < 4.78 is 19.6. The summed E-state index contributed by atoms with van der Waals surface area (Å²) in [6.45, 7) is 11.1. The molecule has 2 aliphatic rings. The molecule has 5 rings (SSSR count). The van der Waals surface area contributed by atoms with Gasteiger partial charge in [0.2, 0.25) is 0 Å². The first-order valence-corrected chi connectivity index (χ1v) is 15.4. The van der Waals surface area contributed by atoms with Gasteiger partial charge in [-0.2, -0.15) is 0 Å². The minimum absolute atomic E-state index is 0.319. The van der Waals surface area contributed by atoms with Crippen molar-refractivity contribution in [3.8, 4) is 5.75 Å². The number of nitrogens with zero attached hydrogens (tertiary/aromatic N) is 4. The van der Waals surface area contributed by atoms with Gasteiger partial charge in [0, 0.05) is 62.0 Å². The van der Waals surface area contributed by atoms with Crippen LogP contribution in [-0.2, 0) is 10.8 Å². The number of hydrogen-bond acceptors (Lipinski definition) is 8. The maximum atomic E-state index is 13.3. The van der Waals surface area contributed by atoms with E-state index in [1.165, 1.54) is 18.4 Å². The number of carbonyl (C=O) groups is 1. The van der Waals surface area contributed by atoms with Crippen LogP contribution in [0.25, 0.3) is 0 Å². The molecule has 3 heterocycles. The molecule has 1 aromatic carbocycles. The molecule has 1 unspecified atom stereocenters. The largest absolute Gasteiger partial charge is 0.481 e. The highest BCUT2D eigenvalue weighted by atomic mass is 32.2. The van der Waals surface area contributed by atoms with Crippen molar-refractivity contribution in [3.05, 3.63) is 70.4 Å². The number of piperazine rings is 1. The van der Waals surface area contributed by atoms with Crippen LogP contribution >= 0.6 is 0 Å². The lowest BCUT2D eigenvalue weighted by Gasteiger charge is -2.34. The van der Waals surface area contributed by atoms with E-state index in [1.54, 1.807) is 25.4 Å². The average molecular weight is 563 g/mol. The second-order valence-corrected chi connectivity index (χ2v) is 12.3. The Kier molecular flexibility index (Phi) is 8.58. The van der Waals surface area contributed by atoms with Crippen LogP contribution in [0.1, 0.15) is 70.4 Å². The smallest absolute Gasteiger partial charge is 0.257 e. The fourth-order valence-corrected chi connectivity index (χ4v) is 5.75.